The molecule has 20 heavy (non-hydrogen) atoms. The molecule has 1 aromatic rings. The minimum atomic E-state index is 0.664. The van der Waals surface area contributed by atoms with E-state index in [0.717, 1.165) is 23.0 Å². The van der Waals surface area contributed by atoms with Crippen molar-refractivity contribution in [1.29, 1.82) is 0 Å². The number of fused-ring (bicyclic) bond motifs is 1. The second kappa shape index (κ2) is 6.11. The molecule has 0 aromatic heterocycles. The van der Waals surface area contributed by atoms with Crippen molar-refractivity contribution in [2.45, 2.75) is 55.7 Å². The molecule has 0 spiro atoms. The standard InChI is InChI=1S/C18H27NS/c1-12-8-13(2)10-15(9-12)18(19-3)17-11-14-6-4-5-7-16(14)20-17/h4-7,12-13,15,17-19H,8-11H2,1-3H3. The van der Waals surface area contributed by atoms with Gasteiger partial charge < -0.3 is 5.32 Å². The Balaban J connectivity index is 1.72. The smallest absolute Gasteiger partial charge is 0.0291 e. The topological polar surface area (TPSA) is 12.0 Å². The lowest BCUT2D eigenvalue weighted by Crippen LogP contribution is -2.44. The molecule has 4 unspecified atom stereocenters. The fraction of sp³-hybridized carbons (Fsp3) is 0.667. The van der Waals surface area contributed by atoms with Gasteiger partial charge in [-0.1, -0.05) is 32.0 Å². The predicted octanol–water partition coefficient (Wildman–Crippen LogP) is 4.36. The Labute approximate surface area is 127 Å². The summed E-state index contributed by atoms with van der Waals surface area (Å²) in [5, 5.41) is 4.39. The molecule has 2 heteroatoms. The van der Waals surface area contributed by atoms with E-state index in [1.54, 1.807) is 5.56 Å². The first kappa shape index (κ1) is 14.5. The Morgan fingerprint density at radius 3 is 2.45 bits per heavy atom. The molecule has 1 aromatic carbocycles. The maximum Gasteiger partial charge on any atom is 0.0291 e. The molecule has 2 aliphatic rings. The molecule has 0 bridgehead atoms. The summed E-state index contributed by atoms with van der Waals surface area (Å²) in [6.07, 6.45) is 5.48. The lowest BCUT2D eigenvalue weighted by molar-refractivity contribution is 0.178. The molecule has 4 atom stereocenters. The van der Waals surface area contributed by atoms with Crippen molar-refractivity contribution in [3.05, 3.63) is 29.8 Å². The average molecular weight is 289 g/mol. The minimum absolute atomic E-state index is 0.664. The summed E-state index contributed by atoms with van der Waals surface area (Å²) in [4.78, 5) is 1.51. The van der Waals surface area contributed by atoms with Gasteiger partial charge in [-0.15, -0.1) is 11.8 Å². The summed E-state index contributed by atoms with van der Waals surface area (Å²) in [6.45, 7) is 4.87. The molecule has 110 valence electrons. The first-order valence-corrected chi connectivity index (χ1v) is 8.97. The van der Waals surface area contributed by atoms with E-state index in [2.05, 4.69) is 62.2 Å². The average Bonchev–Trinajstić information content (AvgIpc) is 2.81. The molecule has 1 saturated carbocycles. The summed E-state index contributed by atoms with van der Waals surface area (Å²) >= 11 is 2.10. The van der Waals surface area contributed by atoms with Crippen molar-refractivity contribution >= 4 is 11.8 Å². The van der Waals surface area contributed by atoms with E-state index in [-0.39, 0.29) is 0 Å². The zero-order chi connectivity index (χ0) is 14.1. The van der Waals surface area contributed by atoms with E-state index in [1.165, 1.54) is 30.6 Å². The number of hydrogen-bond acceptors (Lipinski definition) is 2. The maximum atomic E-state index is 3.67. The SMILES string of the molecule is CNC(C1CC(C)CC(C)C1)C1Cc2ccccc2S1. The first-order chi connectivity index (χ1) is 9.67. The van der Waals surface area contributed by atoms with E-state index in [4.69, 9.17) is 0 Å². The molecule has 1 nitrogen and oxygen atoms in total. The highest BCUT2D eigenvalue weighted by Crippen LogP contribution is 2.43. The highest BCUT2D eigenvalue weighted by atomic mass is 32.2. The molecule has 0 amide bonds. The van der Waals surface area contributed by atoms with Crippen LogP contribution < -0.4 is 5.32 Å². The minimum Gasteiger partial charge on any atom is -0.316 e. The third kappa shape index (κ3) is 2.92. The van der Waals surface area contributed by atoms with E-state index in [9.17, 15) is 0 Å². The quantitative estimate of drug-likeness (QED) is 0.887. The van der Waals surface area contributed by atoms with Gasteiger partial charge in [-0.25, -0.2) is 0 Å². The highest BCUT2D eigenvalue weighted by molar-refractivity contribution is 8.00. The maximum absolute atomic E-state index is 3.67. The van der Waals surface area contributed by atoms with Gasteiger partial charge in [0, 0.05) is 16.2 Å². The van der Waals surface area contributed by atoms with Gasteiger partial charge in [0.05, 0.1) is 0 Å². The summed E-state index contributed by atoms with van der Waals surface area (Å²) in [5.41, 5.74) is 1.56. The molecule has 1 N–H and O–H groups in total. The van der Waals surface area contributed by atoms with Crippen LogP contribution in [0.2, 0.25) is 0 Å². The number of hydrogen-bond donors (Lipinski definition) is 1. The van der Waals surface area contributed by atoms with Crippen LogP contribution >= 0.6 is 11.8 Å². The van der Waals surface area contributed by atoms with Crippen molar-refractivity contribution in [2.24, 2.45) is 17.8 Å². The Kier molecular flexibility index (Phi) is 4.42. The molecule has 0 radical (unpaired) electrons. The van der Waals surface area contributed by atoms with E-state index < -0.39 is 0 Å². The van der Waals surface area contributed by atoms with Gasteiger partial charge in [0.2, 0.25) is 0 Å². The van der Waals surface area contributed by atoms with Gasteiger partial charge in [-0.05, 0) is 62.1 Å². The van der Waals surface area contributed by atoms with Crippen LogP contribution in [-0.2, 0) is 6.42 Å². The van der Waals surface area contributed by atoms with Crippen LogP contribution in [0.1, 0.15) is 38.7 Å². The van der Waals surface area contributed by atoms with Crippen molar-refractivity contribution < 1.29 is 0 Å². The molecule has 1 fully saturated rings. The normalized spacial score (nSPS) is 34.8. The third-order valence-electron chi connectivity index (χ3n) is 5.13. The second-order valence-corrected chi connectivity index (χ2v) is 8.24. The number of rotatable bonds is 3. The van der Waals surface area contributed by atoms with Crippen LogP contribution in [-0.4, -0.2) is 18.3 Å². The van der Waals surface area contributed by atoms with Crippen LogP contribution in [0.15, 0.2) is 29.2 Å². The summed E-state index contributed by atoms with van der Waals surface area (Å²) < 4.78 is 0. The van der Waals surface area contributed by atoms with Crippen molar-refractivity contribution in [3.63, 3.8) is 0 Å². The first-order valence-electron chi connectivity index (χ1n) is 8.09. The van der Waals surface area contributed by atoms with Crippen LogP contribution in [0.5, 0.6) is 0 Å². The molecule has 1 aliphatic carbocycles. The summed E-state index contributed by atoms with van der Waals surface area (Å²) in [5.74, 6) is 2.65. The zero-order valence-corrected chi connectivity index (χ0v) is 13.7. The van der Waals surface area contributed by atoms with E-state index in [0.29, 0.717) is 6.04 Å². The molecule has 1 aliphatic heterocycles. The van der Waals surface area contributed by atoms with Gasteiger partial charge in [0.25, 0.3) is 0 Å². The fourth-order valence-corrected chi connectivity index (χ4v) is 5.99. The highest BCUT2D eigenvalue weighted by Gasteiger charge is 2.36. The Morgan fingerprint density at radius 1 is 1.10 bits per heavy atom. The summed E-state index contributed by atoms with van der Waals surface area (Å²) in [6, 6.07) is 9.62. The van der Waals surface area contributed by atoms with Crippen LogP contribution in [0.25, 0.3) is 0 Å². The Hall–Kier alpha value is -0.470. The van der Waals surface area contributed by atoms with Gasteiger partial charge >= 0.3 is 0 Å². The fourth-order valence-electron chi connectivity index (χ4n) is 4.44. The Bertz CT molecular complexity index is 423. The predicted molar refractivity (Wildman–Crippen MR) is 88.3 cm³/mol. The second-order valence-electron chi connectivity index (χ2n) is 6.96. The van der Waals surface area contributed by atoms with Crippen molar-refractivity contribution in [2.75, 3.05) is 7.05 Å². The molecular formula is C18H27NS. The van der Waals surface area contributed by atoms with Gasteiger partial charge in [-0.2, -0.15) is 0 Å². The third-order valence-corrected chi connectivity index (χ3v) is 6.54. The Morgan fingerprint density at radius 2 is 1.80 bits per heavy atom. The van der Waals surface area contributed by atoms with Crippen LogP contribution in [0.3, 0.4) is 0 Å². The van der Waals surface area contributed by atoms with Gasteiger partial charge in [-0.3, -0.25) is 0 Å². The van der Waals surface area contributed by atoms with Gasteiger partial charge in [0.1, 0.15) is 0 Å². The summed E-state index contributed by atoms with van der Waals surface area (Å²) in [7, 11) is 2.16. The van der Waals surface area contributed by atoms with E-state index >= 15 is 0 Å². The van der Waals surface area contributed by atoms with Crippen molar-refractivity contribution in [3.8, 4) is 0 Å². The van der Waals surface area contributed by atoms with Gasteiger partial charge in [0.15, 0.2) is 0 Å². The van der Waals surface area contributed by atoms with Crippen LogP contribution in [0, 0.1) is 17.8 Å². The van der Waals surface area contributed by atoms with E-state index in [1.807, 2.05) is 0 Å². The number of thioether (sulfide) groups is 1. The zero-order valence-electron chi connectivity index (χ0n) is 12.9. The largest absolute Gasteiger partial charge is 0.316 e. The van der Waals surface area contributed by atoms with Crippen LogP contribution in [0.4, 0.5) is 0 Å². The monoisotopic (exact) mass is 289 g/mol. The number of benzene rings is 1. The lowest BCUT2D eigenvalue weighted by atomic mass is 9.73. The molecule has 3 rings (SSSR count). The lowest BCUT2D eigenvalue weighted by Gasteiger charge is -2.38. The molecule has 1 heterocycles. The van der Waals surface area contributed by atoms with Crippen molar-refractivity contribution in [1.82, 2.24) is 5.32 Å². The number of nitrogens with one attached hydrogen (secondary N) is 1. The molecule has 0 saturated heterocycles. The molecular weight excluding hydrogens is 262 g/mol.